The van der Waals surface area contributed by atoms with Gasteiger partial charge in [-0.05, 0) is 43.0 Å². The highest BCUT2D eigenvalue weighted by Gasteiger charge is 2.12. The van der Waals surface area contributed by atoms with Gasteiger partial charge in [0.1, 0.15) is 0 Å². The Morgan fingerprint density at radius 1 is 1.29 bits per heavy atom. The molecule has 17 heavy (non-hydrogen) atoms. The average molecular weight is 298 g/mol. The Kier molecular flexibility index (Phi) is 6.83. The summed E-state index contributed by atoms with van der Waals surface area (Å²) in [5.41, 5.74) is 1.41. The monoisotopic (exact) mass is 297 g/mol. The van der Waals surface area contributed by atoms with Crippen molar-refractivity contribution in [2.75, 3.05) is 6.54 Å². The predicted molar refractivity (Wildman–Crippen MR) is 79.4 cm³/mol. The molecule has 0 amide bonds. The van der Waals surface area contributed by atoms with Crippen molar-refractivity contribution in [3.05, 3.63) is 34.3 Å². The third-order valence-corrected chi connectivity index (χ3v) is 3.74. The Morgan fingerprint density at radius 3 is 2.65 bits per heavy atom. The van der Waals surface area contributed by atoms with Crippen LogP contribution in [0.1, 0.15) is 39.2 Å². The van der Waals surface area contributed by atoms with Crippen molar-refractivity contribution in [2.45, 2.75) is 46.1 Å². The summed E-state index contributed by atoms with van der Waals surface area (Å²) in [7, 11) is 0. The first-order chi connectivity index (χ1) is 8.15. The summed E-state index contributed by atoms with van der Waals surface area (Å²) < 4.78 is 1.17. The summed E-state index contributed by atoms with van der Waals surface area (Å²) in [6, 6.07) is 9.24. The first-order valence-corrected chi connectivity index (χ1v) is 7.42. The quantitative estimate of drug-likeness (QED) is 0.786. The molecule has 0 saturated heterocycles. The molecule has 1 aromatic carbocycles. The molecule has 1 aromatic rings. The fraction of sp³-hybridized carbons (Fsp3) is 0.600. The van der Waals surface area contributed by atoms with E-state index >= 15 is 0 Å². The van der Waals surface area contributed by atoms with Crippen molar-refractivity contribution in [1.29, 1.82) is 0 Å². The van der Waals surface area contributed by atoms with E-state index in [0.717, 1.165) is 18.9 Å². The average Bonchev–Trinajstić information content (AvgIpc) is 2.29. The molecule has 0 spiro atoms. The van der Waals surface area contributed by atoms with Crippen LogP contribution in [0.2, 0.25) is 0 Å². The molecule has 2 atom stereocenters. The standard InChI is InChI=1S/C15H24BrN/c1-4-12(3)9-15(17-5-2)11-13-7-6-8-14(16)10-13/h6-8,10,12,15,17H,4-5,9,11H2,1-3H3. The molecule has 0 aliphatic heterocycles. The van der Waals surface area contributed by atoms with Gasteiger partial charge in [-0.1, -0.05) is 55.3 Å². The summed E-state index contributed by atoms with van der Waals surface area (Å²) in [4.78, 5) is 0. The van der Waals surface area contributed by atoms with Crippen molar-refractivity contribution >= 4 is 15.9 Å². The number of benzene rings is 1. The fourth-order valence-electron chi connectivity index (χ4n) is 2.13. The molecule has 0 bridgehead atoms. The number of likely N-dealkylation sites (N-methyl/N-ethyl adjacent to an activating group) is 1. The van der Waals surface area contributed by atoms with Gasteiger partial charge in [-0.2, -0.15) is 0 Å². The molecule has 2 unspecified atom stereocenters. The molecule has 1 rings (SSSR count). The lowest BCUT2D eigenvalue weighted by Crippen LogP contribution is -2.32. The van der Waals surface area contributed by atoms with Crippen molar-refractivity contribution < 1.29 is 0 Å². The number of hydrogen-bond acceptors (Lipinski definition) is 1. The van der Waals surface area contributed by atoms with Crippen molar-refractivity contribution in [3.63, 3.8) is 0 Å². The van der Waals surface area contributed by atoms with Crippen LogP contribution in [0.3, 0.4) is 0 Å². The van der Waals surface area contributed by atoms with Crippen LogP contribution in [0.5, 0.6) is 0 Å². The molecular formula is C15H24BrN. The minimum Gasteiger partial charge on any atom is -0.314 e. The van der Waals surface area contributed by atoms with Crippen LogP contribution in [-0.4, -0.2) is 12.6 Å². The van der Waals surface area contributed by atoms with E-state index in [9.17, 15) is 0 Å². The first-order valence-electron chi connectivity index (χ1n) is 6.63. The predicted octanol–water partition coefficient (Wildman–Crippen LogP) is 4.41. The van der Waals surface area contributed by atoms with Crippen molar-refractivity contribution in [3.8, 4) is 0 Å². The topological polar surface area (TPSA) is 12.0 Å². The first kappa shape index (κ1) is 14.7. The van der Waals surface area contributed by atoms with Gasteiger partial charge in [0.05, 0.1) is 0 Å². The van der Waals surface area contributed by atoms with E-state index in [-0.39, 0.29) is 0 Å². The summed E-state index contributed by atoms with van der Waals surface area (Å²) in [5, 5.41) is 3.60. The molecule has 1 nitrogen and oxygen atoms in total. The molecule has 0 aromatic heterocycles. The molecule has 2 heteroatoms. The van der Waals surface area contributed by atoms with Gasteiger partial charge in [-0.3, -0.25) is 0 Å². The summed E-state index contributed by atoms with van der Waals surface area (Å²) in [5.74, 6) is 0.797. The fourth-order valence-corrected chi connectivity index (χ4v) is 2.57. The zero-order valence-electron chi connectivity index (χ0n) is 11.2. The third kappa shape index (κ3) is 5.69. The molecule has 0 heterocycles. The van der Waals surface area contributed by atoms with E-state index in [2.05, 4.69) is 66.3 Å². The van der Waals surface area contributed by atoms with Crippen LogP contribution in [0.15, 0.2) is 28.7 Å². The van der Waals surface area contributed by atoms with Gasteiger partial charge in [-0.15, -0.1) is 0 Å². The van der Waals surface area contributed by atoms with Gasteiger partial charge in [0.2, 0.25) is 0 Å². The van der Waals surface area contributed by atoms with Gasteiger partial charge in [0.25, 0.3) is 0 Å². The molecule has 0 radical (unpaired) electrons. The van der Waals surface area contributed by atoms with E-state index in [1.807, 2.05) is 0 Å². The molecular weight excluding hydrogens is 274 g/mol. The Balaban J connectivity index is 2.59. The van der Waals surface area contributed by atoms with E-state index < -0.39 is 0 Å². The lowest BCUT2D eigenvalue weighted by molar-refractivity contribution is 0.397. The van der Waals surface area contributed by atoms with E-state index in [1.54, 1.807) is 0 Å². The molecule has 0 aliphatic carbocycles. The Bertz CT molecular complexity index is 324. The van der Waals surface area contributed by atoms with Crippen LogP contribution in [-0.2, 0) is 6.42 Å². The zero-order chi connectivity index (χ0) is 12.7. The SMILES string of the molecule is CCNC(Cc1cccc(Br)c1)CC(C)CC. The lowest BCUT2D eigenvalue weighted by atomic mass is 9.94. The number of hydrogen-bond donors (Lipinski definition) is 1. The third-order valence-electron chi connectivity index (χ3n) is 3.25. The number of rotatable bonds is 7. The summed E-state index contributed by atoms with van der Waals surface area (Å²) in [6.45, 7) is 7.84. The Morgan fingerprint density at radius 2 is 2.06 bits per heavy atom. The van der Waals surface area contributed by atoms with Crippen molar-refractivity contribution in [1.82, 2.24) is 5.32 Å². The van der Waals surface area contributed by atoms with Gasteiger partial charge >= 0.3 is 0 Å². The second-order valence-corrected chi connectivity index (χ2v) is 5.75. The van der Waals surface area contributed by atoms with Gasteiger partial charge in [0.15, 0.2) is 0 Å². The maximum Gasteiger partial charge on any atom is 0.0178 e. The molecule has 96 valence electrons. The minimum atomic E-state index is 0.601. The van der Waals surface area contributed by atoms with Gasteiger partial charge < -0.3 is 5.32 Å². The summed E-state index contributed by atoms with van der Waals surface area (Å²) in [6.07, 6.45) is 3.65. The lowest BCUT2D eigenvalue weighted by Gasteiger charge is -2.21. The van der Waals surface area contributed by atoms with Gasteiger partial charge in [0, 0.05) is 10.5 Å². The molecule has 0 aliphatic rings. The van der Waals surface area contributed by atoms with Crippen LogP contribution >= 0.6 is 15.9 Å². The number of halogens is 1. The maximum atomic E-state index is 3.60. The Labute approximate surface area is 114 Å². The van der Waals surface area contributed by atoms with Crippen LogP contribution < -0.4 is 5.32 Å². The van der Waals surface area contributed by atoms with E-state index in [0.29, 0.717) is 6.04 Å². The number of nitrogens with one attached hydrogen (secondary N) is 1. The maximum absolute atomic E-state index is 3.60. The second-order valence-electron chi connectivity index (χ2n) is 4.84. The largest absolute Gasteiger partial charge is 0.314 e. The van der Waals surface area contributed by atoms with Crippen LogP contribution in [0.4, 0.5) is 0 Å². The van der Waals surface area contributed by atoms with Crippen LogP contribution in [0, 0.1) is 5.92 Å². The highest BCUT2D eigenvalue weighted by Crippen LogP contribution is 2.17. The smallest absolute Gasteiger partial charge is 0.0178 e. The minimum absolute atomic E-state index is 0.601. The zero-order valence-corrected chi connectivity index (χ0v) is 12.8. The molecule has 1 N–H and O–H groups in total. The Hall–Kier alpha value is -0.340. The van der Waals surface area contributed by atoms with Gasteiger partial charge in [-0.25, -0.2) is 0 Å². The normalized spacial score (nSPS) is 14.6. The van der Waals surface area contributed by atoms with E-state index in [1.165, 1.54) is 22.9 Å². The van der Waals surface area contributed by atoms with E-state index in [4.69, 9.17) is 0 Å². The highest BCUT2D eigenvalue weighted by molar-refractivity contribution is 9.10. The van der Waals surface area contributed by atoms with Crippen molar-refractivity contribution in [2.24, 2.45) is 5.92 Å². The highest BCUT2D eigenvalue weighted by atomic mass is 79.9. The summed E-state index contributed by atoms with van der Waals surface area (Å²) >= 11 is 3.54. The van der Waals surface area contributed by atoms with Crippen LogP contribution in [0.25, 0.3) is 0 Å². The molecule has 0 fully saturated rings. The molecule has 0 saturated carbocycles. The second kappa shape index (κ2) is 7.88.